The minimum Gasteiger partial charge on any atom is -0.466 e. The molecule has 1 N–H and O–H groups in total. The molecule has 1 saturated carbocycles. The molecule has 1 saturated heterocycles. The topological polar surface area (TPSA) is 88.2 Å². The Balaban J connectivity index is 1.69. The Morgan fingerprint density at radius 3 is 2.38 bits per heavy atom. The van der Waals surface area contributed by atoms with Crippen LogP contribution < -0.4 is 5.32 Å². The smallest absolute Gasteiger partial charge is 0.408 e. The number of rotatable bonds is 7. The summed E-state index contributed by atoms with van der Waals surface area (Å²) < 4.78 is 10.8. The average Bonchev–Trinajstić information content (AvgIpc) is 2.84. The van der Waals surface area contributed by atoms with Crippen LogP contribution in [0.1, 0.15) is 58.9 Å². The Labute approximate surface area is 229 Å². The van der Waals surface area contributed by atoms with Crippen LogP contribution in [0.15, 0.2) is 18.2 Å². The van der Waals surface area contributed by atoms with E-state index in [0.717, 1.165) is 25.7 Å². The van der Waals surface area contributed by atoms with Crippen molar-refractivity contribution in [2.24, 2.45) is 5.92 Å². The fraction of sp³-hybridized carbons (Fsp3) is 0.667. The van der Waals surface area contributed by atoms with Gasteiger partial charge in [-0.15, -0.1) is 0 Å². The van der Waals surface area contributed by atoms with Gasteiger partial charge in [-0.3, -0.25) is 14.5 Å². The number of ether oxygens (including phenoxy) is 2. The number of piperazine rings is 1. The number of halogens is 2. The molecule has 0 aromatic heterocycles. The molecule has 2 aliphatic rings. The third-order valence-corrected chi connectivity index (χ3v) is 7.43. The van der Waals surface area contributed by atoms with Gasteiger partial charge in [0.15, 0.2) is 0 Å². The molecule has 8 nitrogen and oxygen atoms in total. The lowest BCUT2D eigenvalue weighted by atomic mass is 9.83. The molecule has 3 rings (SSSR count). The first-order valence-corrected chi connectivity index (χ1v) is 13.9. The Bertz CT molecular complexity index is 960. The van der Waals surface area contributed by atoms with Crippen molar-refractivity contribution in [3.05, 3.63) is 33.8 Å². The second-order valence-corrected chi connectivity index (χ2v) is 11.6. The van der Waals surface area contributed by atoms with Crippen molar-refractivity contribution in [3.8, 4) is 0 Å². The minimum atomic E-state index is -0.845. The number of hydrogen-bond donors (Lipinski definition) is 1. The zero-order valence-corrected chi connectivity index (χ0v) is 23.7. The number of carbonyl (C=O) groups is 3. The molecule has 2 amide bonds. The van der Waals surface area contributed by atoms with Crippen LogP contribution in [0, 0.1) is 5.92 Å². The van der Waals surface area contributed by atoms with Crippen LogP contribution in [-0.2, 0) is 25.5 Å². The van der Waals surface area contributed by atoms with Crippen molar-refractivity contribution in [2.45, 2.75) is 77.5 Å². The van der Waals surface area contributed by atoms with Gasteiger partial charge in [-0.1, -0.05) is 42.1 Å². The SMILES string of the molecule is CCOC(=O)[C@@H]1CCCC[C@H]1N1CCN(C(=O)[C@@H](Cc2ccc(Cl)cc2Cl)NC(=O)OC(C)(C)C)CC1. The zero-order valence-electron chi connectivity index (χ0n) is 22.2. The van der Waals surface area contributed by atoms with Crippen molar-refractivity contribution < 1.29 is 23.9 Å². The van der Waals surface area contributed by atoms with E-state index < -0.39 is 17.7 Å². The number of amides is 2. The summed E-state index contributed by atoms with van der Waals surface area (Å²) in [5.74, 6) is -0.432. The normalized spacial score (nSPS) is 21.7. The van der Waals surface area contributed by atoms with Crippen molar-refractivity contribution in [1.29, 1.82) is 0 Å². The third-order valence-electron chi connectivity index (χ3n) is 6.84. The maximum Gasteiger partial charge on any atom is 0.408 e. The van der Waals surface area contributed by atoms with Gasteiger partial charge in [-0.2, -0.15) is 0 Å². The van der Waals surface area contributed by atoms with Crippen LogP contribution >= 0.6 is 23.2 Å². The molecule has 1 aliphatic carbocycles. The van der Waals surface area contributed by atoms with Gasteiger partial charge in [0.1, 0.15) is 11.6 Å². The van der Waals surface area contributed by atoms with E-state index in [1.165, 1.54) is 0 Å². The number of esters is 1. The van der Waals surface area contributed by atoms with Crippen LogP contribution in [0.2, 0.25) is 10.0 Å². The van der Waals surface area contributed by atoms with Gasteiger partial charge in [-0.25, -0.2) is 4.79 Å². The van der Waals surface area contributed by atoms with Crippen molar-refractivity contribution in [2.75, 3.05) is 32.8 Å². The van der Waals surface area contributed by atoms with Gasteiger partial charge in [0.2, 0.25) is 5.91 Å². The molecule has 10 heteroatoms. The van der Waals surface area contributed by atoms with Crippen molar-refractivity contribution >= 4 is 41.2 Å². The maximum atomic E-state index is 13.6. The van der Waals surface area contributed by atoms with Crippen molar-refractivity contribution in [3.63, 3.8) is 0 Å². The maximum absolute atomic E-state index is 13.6. The number of carbonyl (C=O) groups excluding carboxylic acids is 3. The summed E-state index contributed by atoms with van der Waals surface area (Å²) in [6.07, 6.45) is 3.46. The fourth-order valence-corrected chi connectivity index (χ4v) is 5.61. The second-order valence-electron chi connectivity index (χ2n) is 10.7. The van der Waals surface area contributed by atoms with Crippen LogP contribution in [0.3, 0.4) is 0 Å². The predicted molar refractivity (Wildman–Crippen MR) is 144 cm³/mol. The number of benzene rings is 1. The molecule has 37 heavy (non-hydrogen) atoms. The predicted octanol–water partition coefficient (Wildman–Crippen LogP) is 4.70. The summed E-state index contributed by atoms with van der Waals surface area (Å²) in [7, 11) is 0. The number of alkyl carbamates (subject to hydrolysis) is 1. The Morgan fingerprint density at radius 1 is 1.08 bits per heavy atom. The van der Waals surface area contributed by atoms with Gasteiger partial charge in [0, 0.05) is 48.7 Å². The molecule has 1 aromatic carbocycles. The van der Waals surface area contributed by atoms with Crippen LogP contribution in [0.5, 0.6) is 0 Å². The fourth-order valence-electron chi connectivity index (χ4n) is 5.12. The molecule has 0 unspecified atom stereocenters. The summed E-state index contributed by atoms with van der Waals surface area (Å²) >= 11 is 12.4. The monoisotopic (exact) mass is 555 g/mol. The number of hydrogen-bond acceptors (Lipinski definition) is 6. The minimum absolute atomic E-state index is 0.118. The summed E-state index contributed by atoms with van der Waals surface area (Å²) in [5.41, 5.74) is 0.00930. The summed E-state index contributed by atoms with van der Waals surface area (Å²) in [4.78, 5) is 42.8. The highest BCUT2D eigenvalue weighted by atomic mass is 35.5. The number of nitrogens with one attached hydrogen (secondary N) is 1. The van der Waals surface area contributed by atoms with E-state index in [2.05, 4.69) is 10.2 Å². The first kappa shape index (κ1) is 29.5. The van der Waals surface area contributed by atoms with E-state index in [-0.39, 0.29) is 30.3 Å². The van der Waals surface area contributed by atoms with E-state index in [1.54, 1.807) is 43.9 Å². The van der Waals surface area contributed by atoms with E-state index in [1.807, 2.05) is 6.92 Å². The second kappa shape index (κ2) is 13.2. The highest BCUT2D eigenvalue weighted by Gasteiger charge is 2.38. The molecular formula is C27H39Cl2N3O5. The highest BCUT2D eigenvalue weighted by Crippen LogP contribution is 2.30. The summed E-state index contributed by atoms with van der Waals surface area (Å²) in [6.45, 7) is 9.86. The first-order chi connectivity index (χ1) is 17.5. The molecule has 206 valence electrons. The molecule has 0 bridgehead atoms. The Kier molecular flexibility index (Phi) is 10.5. The molecule has 0 spiro atoms. The lowest BCUT2D eigenvalue weighted by molar-refractivity contribution is -0.153. The Hall–Kier alpha value is -2.03. The van der Waals surface area contributed by atoms with Crippen LogP contribution in [0.25, 0.3) is 0 Å². The molecule has 1 heterocycles. The van der Waals surface area contributed by atoms with E-state index in [9.17, 15) is 14.4 Å². The van der Waals surface area contributed by atoms with Gasteiger partial charge < -0.3 is 19.7 Å². The molecule has 3 atom stereocenters. The highest BCUT2D eigenvalue weighted by molar-refractivity contribution is 6.35. The van der Waals surface area contributed by atoms with Gasteiger partial charge in [0.05, 0.1) is 12.5 Å². The summed E-state index contributed by atoms with van der Waals surface area (Å²) in [6, 6.07) is 4.38. The average molecular weight is 557 g/mol. The largest absolute Gasteiger partial charge is 0.466 e. The lowest BCUT2D eigenvalue weighted by Crippen LogP contribution is -2.58. The first-order valence-electron chi connectivity index (χ1n) is 13.1. The molecule has 0 radical (unpaired) electrons. The zero-order chi connectivity index (χ0) is 27.2. The molecule has 2 fully saturated rings. The lowest BCUT2D eigenvalue weighted by Gasteiger charge is -2.44. The molecule has 1 aromatic rings. The number of nitrogens with zero attached hydrogens (tertiary/aromatic N) is 2. The standard InChI is InChI=1S/C27H39Cl2N3O5/c1-5-36-25(34)20-8-6-7-9-23(20)31-12-14-32(15-13-31)24(33)22(30-26(35)37-27(2,3)4)16-18-10-11-19(28)17-21(18)29/h10-11,17,20,22-23H,5-9,12-16H2,1-4H3,(H,30,35)/t20-,22-,23-/m1/s1. The van der Waals surface area contributed by atoms with Gasteiger partial charge in [0.25, 0.3) is 0 Å². The van der Waals surface area contributed by atoms with E-state index in [0.29, 0.717) is 48.4 Å². The van der Waals surface area contributed by atoms with Crippen LogP contribution in [-0.4, -0.2) is 78.2 Å². The van der Waals surface area contributed by atoms with E-state index >= 15 is 0 Å². The van der Waals surface area contributed by atoms with Gasteiger partial charge in [-0.05, 0) is 58.2 Å². The van der Waals surface area contributed by atoms with Crippen LogP contribution in [0.4, 0.5) is 4.79 Å². The molecule has 1 aliphatic heterocycles. The quantitative estimate of drug-likeness (QED) is 0.491. The van der Waals surface area contributed by atoms with Gasteiger partial charge >= 0.3 is 12.1 Å². The molecular weight excluding hydrogens is 517 g/mol. The summed E-state index contributed by atoms with van der Waals surface area (Å²) in [5, 5.41) is 3.68. The third kappa shape index (κ3) is 8.48. The Morgan fingerprint density at radius 2 is 1.76 bits per heavy atom. The van der Waals surface area contributed by atoms with Crippen molar-refractivity contribution in [1.82, 2.24) is 15.1 Å². The van der Waals surface area contributed by atoms with E-state index in [4.69, 9.17) is 32.7 Å².